The largest absolute Gasteiger partial charge is 0.324 e. The van der Waals surface area contributed by atoms with E-state index in [1.54, 1.807) is 19.1 Å². The molecule has 2 rings (SSSR count). The van der Waals surface area contributed by atoms with E-state index in [1.807, 2.05) is 0 Å². The number of hydrogen-bond donors (Lipinski definition) is 3. The first-order valence-corrected chi connectivity index (χ1v) is 8.50. The van der Waals surface area contributed by atoms with E-state index in [0.717, 1.165) is 19.4 Å². The van der Waals surface area contributed by atoms with Gasteiger partial charge in [-0.3, -0.25) is 4.79 Å². The Morgan fingerprint density at radius 1 is 1.43 bits per heavy atom. The molecule has 116 valence electrons. The summed E-state index contributed by atoms with van der Waals surface area (Å²) in [5.41, 5.74) is 0.934. The number of nitrogens with one attached hydrogen (secondary N) is 2. The van der Waals surface area contributed by atoms with Crippen LogP contribution < -0.4 is 15.8 Å². The molecule has 0 saturated carbocycles. The molecule has 2 atom stereocenters. The highest BCUT2D eigenvalue weighted by Gasteiger charge is 2.25. The summed E-state index contributed by atoms with van der Waals surface area (Å²) in [6.45, 7) is 4.57. The molecule has 0 spiro atoms. The predicted octanol–water partition coefficient (Wildman–Crippen LogP) is 0.969. The van der Waals surface area contributed by atoms with Gasteiger partial charge in [-0.15, -0.1) is 0 Å². The number of carbonyl (C=O) groups excluding carboxylic acids is 1. The van der Waals surface area contributed by atoms with Gasteiger partial charge in [-0.05, 0) is 49.9 Å². The predicted molar refractivity (Wildman–Crippen MR) is 81.4 cm³/mol. The molecule has 0 aromatic heterocycles. The summed E-state index contributed by atoms with van der Waals surface area (Å²) in [5.74, 6) is 0.357. The number of anilines is 1. The van der Waals surface area contributed by atoms with E-state index >= 15 is 0 Å². The normalized spacial score (nSPS) is 22.8. The summed E-state index contributed by atoms with van der Waals surface area (Å²) in [5, 5.41) is 11.1. The van der Waals surface area contributed by atoms with Crippen molar-refractivity contribution in [3.05, 3.63) is 23.8 Å². The summed E-state index contributed by atoms with van der Waals surface area (Å²) in [6, 6.07) is 4.43. The Bertz CT molecular complexity index is 643. The Morgan fingerprint density at radius 3 is 2.76 bits per heavy atom. The van der Waals surface area contributed by atoms with Gasteiger partial charge in [-0.2, -0.15) is 0 Å². The average Bonchev–Trinajstić information content (AvgIpc) is 2.39. The summed E-state index contributed by atoms with van der Waals surface area (Å²) in [4.78, 5) is 12.3. The lowest BCUT2D eigenvalue weighted by molar-refractivity contribution is -0.119. The van der Waals surface area contributed by atoms with Gasteiger partial charge in [0.05, 0.1) is 10.9 Å². The van der Waals surface area contributed by atoms with Crippen LogP contribution in [0.15, 0.2) is 23.1 Å². The summed E-state index contributed by atoms with van der Waals surface area (Å²) >= 11 is 0. The van der Waals surface area contributed by atoms with Crippen LogP contribution in [-0.2, 0) is 14.8 Å². The molecule has 1 fully saturated rings. The Balaban J connectivity index is 2.18. The quantitative estimate of drug-likeness (QED) is 0.774. The summed E-state index contributed by atoms with van der Waals surface area (Å²) in [6.07, 6.45) is 1.84. The number of rotatable bonds is 3. The number of sulfonamides is 1. The molecule has 21 heavy (non-hydrogen) atoms. The fraction of sp³-hybridized carbons (Fsp3) is 0.500. The summed E-state index contributed by atoms with van der Waals surface area (Å²) in [7, 11) is -3.79. The zero-order chi connectivity index (χ0) is 15.6. The van der Waals surface area contributed by atoms with Crippen molar-refractivity contribution in [2.45, 2.75) is 37.6 Å². The van der Waals surface area contributed by atoms with Crippen LogP contribution in [0.3, 0.4) is 0 Å². The maximum Gasteiger partial charge on any atom is 0.241 e. The SMILES string of the molecule is Cc1c(NC(=O)C2CC(C)CCN2)cccc1S(N)(=O)=O. The third kappa shape index (κ3) is 3.81. The maximum atomic E-state index is 12.3. The van der Waals surface area contributed by atoms with Crippen molar-refractivity contribution < 1.29 is 13.2 Å². The molecule has 6 nitrogen and oxygen atoms in total. The van der Waals surface area contributed by atoms with Crippen LogP contribution in [0.25, 0.3) is 0 Å². The van der Waals surface area contributed by atoms with E-state index in [0.29, 0.717) is 17.2 Å². The first kappa shape index (κ1) is 15.9. The highest BCUT2D eigenvalue weighted by molar-refractivity contribution is 7.89. The minimum atomic E-state index is -3.79. The molecule has 1 aliphatic rings. The zero-order valence-electron chi connectivity index (χ0n) is 12.2. The van der Waals surface area contributed by atoms with E-state index < -0.39 is 10.0 Å². The third-order valence-electron chi connectivity index (χ3n) is 3.83. The van der Waals surface area contributed by atoms with E-state index in [1.165, 1.54) is 6.07 Å². The molecule has 1 heterocycles. The lowest BCUT2D eigenvalue weighted by atomic mass is 9.94. The molecule has 2 unspecified atom stereocenters. The van der Waals surface area contributed by atoms with Crippen LogP contribution in [0.2, 0.25) is 0 Å². The van der Waals surface area contributed by atoms with E-state index in [2.05, 4.69) is 17.6 Å². The average molecular weight is 311 g/mol. The topological polar surface area (TPSA) is 101 Å². The van der Waals surface area contributed by atoms with Crippen molar-refractivity contribution in [2.24, 2.45) is 11.1 Å². The Hall–Kier alpha value is -1.44. The standard InChI is InChI=1S/C14H21N3O3S/c1-9-6-7-16-12(8-9)14(18)17-11-4-3-5-13(10(11)2)21(15,19)20/h3-5,9,12,16H,6-8H2,1-2H3,(H,17,18)(H2,15,19,20). The van der Waals surface area contributed by atoms with Gasteiger partial charge in [0.1, 0.15) is 0 Å². The van der Waals surface area contributed by atoms with Crippen LogP contribution in [0.1, 0.15) is 25.3 Å². The Morgan fingerprint density at radius 2 is 2.14 bits per heavy atom. The minimum absolute atomic E-state index is 0.0327. The van der Waals surface area contributed by atoms with Crippen molar-refractivity contribution in [3.8, 4) is 0 Å². The Kier molecular flexibility index (Phi) is 4.65. The first-order valence-electron chi connectivity index (χ1n) is 6.95. The second kappa shape index (κ2) is 6.13. The van der Waals surface area contributed by atoms with E-state index in [4.69, 9.17) is 5.14 Å². The fourth-order valence-corrected chi connectivity index (χ4v) is 3.39. The molecule has 1 amide bonds. The smallest absolute Gasteiger partial charge is 0.241 e. The van der Waals surface area contributed by atoms with Gasteiger partial charge in [0.25, 0.3) is 0 Å². The Labute approximate surface area is 125 Å². The van der Waals surface area contributed by atoms with Gasteiger partial charge in [0.2, 0.25) is 15.9 Å². The molecular weight excluding hydrogens is 290 g/mol. The maximum absolute atomic E-state index is 12.3. The molecule has 1 saturated heterocycles. The second-order valence-corrected chi connectivity index (χ2v) is 7.13. The fourth-order valence-electron chi connectivity index (χ4n) is 2.59. The van der Waals surface area contributed by atoms with Crippen molar-refractivity contribution in [2.75, 3.05) is 11.9 Å². The van der Waals surface area contributed by atoms with E-state index in [-0.39, 0.29) is 16.8 Å². The zero-order valence-corrected chi connectivity index (χ0v) is 13.0. The number of nitrogens with two attached hydrogens (primary N) is 1. The number of piperidine rings is 1. The number of benzene rings is 1. The lowest BCUT2D eigenvalue weighted by Crippen LogP contribution is -2.45. The van der Waals surface area contributed by atoms with Crippen LogP contribution in [0.4, 0.5) is 5.69 Å². The molecule has 7 heteroatoms. The molecule has 4 N–H and O–H groups in total. The molecule has 1 aliphatic heterocycles. The highest BCUT2D eigenvalue weighted by Crippen LogP contribution is 2.23. The number of amides is 1. The summed E-state index contributed by atoms with van der Waals surface area (Å²) < 4.78 is 23.0. The lowest BCUT2D eigenvalue weighted by Gasteiger charge is -2.27. The van der Waals surface area contributed by atoms with Crippen molar-refractivity contribution in [3.63, 3.8) is 0 Å². The molecule has 0 aliphatic carbocycles. The van der Waals surface area contributed by atoms with Gasteiger partial charge in [-0.25, -0.2) is 13.6 Å². The monoisotopic (exact) mass is 311 g/mol. The number of hydrogen-bond acceptors (Lipinski definition) is 4. The van der Waals surface area contributed by atoms with Gasteiger partial charge in [0.15, 0.2) is 0 Å². The molecule has 1 aromatic carbocycles. The van der Waals surface area contributed by atoms with Gasteiger partial charge in [0, 0.05) is 5.69 Å². The van der Waals surface area contributed by atoms with Crippen LogP contribution >= 0.6 is 0 Å². The van der Waals surface area contributed by atoms with Crippen LogP contribution in [0.5, 0.6) is 0 Å². The van der Waals surface area contributed by atoms with Crippen molar-refractivity contribution in [1.29, 1.82) is 0 Å². The second-order valence-electron chi connectivity index (χ2n) is 5.60. The first-order chi connectivity index (χ1) is 9.79. The van der Waals surface area contributed by atoms with Crippen molar-refractivity contribution in [1.82, 2.24) is 5.32 Å². The minimum Gasteiger partial charge on any atom is -0.324 e. The van der Waals surface area contributed by atoms with Gasteiger partial charge < -0.3 is 10.6 Å². The molecule has 1 aromatic rings. The van der Waals surface area contributed by atoms with Crippen LogP contribution in [0, 0.1) is 12.8 Å². The molecular formula is C14H21N3O3S. The third-order valence-corrected chi connectivity index (χ3v) is 4.89. The number of primary sulfonamides is 1. The van der Waals surface area contributed by atoms with Crippen LogP contribution in [-0.4, -0.2) is 26.9 Å². The van der Waals surface area contributed by atoms with Gasteiger partial charge >= 0.3 is 0 Å². The van der Waals surface area contributed by atoms with Crippen molar-refractivity contribution >= 4 is 21.6 Å². The van der Waals surface area contributed by atoms with E-state index in [9.17, 15) is 13.2 Å². The number of carbonyl (C=O) groups is 1. The molecule has 0 bridgehead atoms. The molecule has 0 radical (unpaired) electrons. The highest BCUT2D eigenvalue weighted by atomic mass is 32.2. The van der Waals surface area contributed by atoms with Gasteiger partial charge in [-0.1, -0.05) is 13.0 Å².